The van der Waals surface area contributed by atoms with Gasteiger partial charge < -0.3 is 23.6 Å². The molecule has 8 heteroatoms. The van der Waals surface area contributed by atoms with Gasteiger partial charge in [-0.3, -0.25) is 4.99 Å². The van der Waals surface area contributed by atoms with E-state index in [2.05, 4.69) is 327 Å². The van der Waals surface area contributed by atoms with E-state index < -0.39 is 0 Å². The van der Waals surface area contributed by atoms with E-state index in [1.54, 1.807) is 0 Å². The number of para-hydroxylation sites is 2. The fourth-order valence-electron chi connectivity index (χ4n) is 16.2. The van der Waals surface area contributed by atoms with E-state index in [1.165, 1.54) is 54.1 Å². The highest BCUT2D eigenvalue weighted by molar-refractivity contribution is 6.32. The Bertz CT molecular complexity index is 6720. The predicted molar refractivity (Wildman–Crippen MR) is 401 cm³/mol. The van der Waals surface area contributed by atoms with Gasteiger partial charge in [0.2, 0.25) is 0 Å². The number of nitrogens with one attached hydrogen (secondary N) is 1. The highest BCUT2D eigenvalue weighted by Gasteiger charge is 2.29. The molecule has 0 spiro atoms. The van der Waals surface area contributed by atoms with Crippen LogP contribution in [0.5, 0.6) is 0 Å². The maximum Gasteiger partial charge on any atom is 0.160 e. The molecule has 0 saturated carbocycles. The minimum atomic E-state index is -0.329. The van der Waals surface area contributed by atoms with Gasteiger partial charge in [-0.05, 0) is 75.6 Å². The van der Waals surface area contributed by atoms with Crippen LogP contribution in [0, 0.1) is 0 Å². The van der Waals surface area contributed by atoms with Crippen molar-refractivity contribution in [1.29, 1.82) is 0 Å². The third kappa shape index (κ3) is 7.57. The number of nitrogens with zero attached hydrogens (tertiary/aromatic N) is 7. The summed E-state index contributed by atoms with van der Waals surface area (Å²) in [5.74, 6) is 0.575. The van der Waals surface area contributed by atoms with Crippen molar-refractivity contribution >= 4 is 142 Å². The third-order valence-electron chi connectivity index (χ3n) is 20.3. The van der Waals surface area contributed by atoms with Crippen molar-refractivity contribution in [2.45, 2.75) is 6.17 Å². The van der Waals surface area contributed by atoms with Crippen LogP contribution in [-0.2, 0) is 0 Å². The molecule has 15 aromatic carbocycles. The summed E-state index contributed by atoms with van der Waals surface area (Å²) < 4.78 is 10.2. The van der Waals surface area contributed by atoms with Gasteiger partial charge in [-0.25, -0.2) is 9.97 Å². The van der Waals surface area contributed by atoms with Crippen LogP contribution in [0.15, 0.2) is 314 Å². The average molecular weight is 1220 g/mol. The summed E-state index contributed by atoms with van der Waals surface area (Å²) in [6.07, 6.45) is 1.61. The quantitative estimate of drug-likeness (QED) is 0.173. The predicted octanol–water partition coefficient (Wildman–Crippen LogP) is 22.4. The second-order valence-corrected chi connectivity index (χ2v) is 25.5. The summed E-state index contributed by atoms with van der Waals surface area (Å²) in [5, 5.41) is 22.5. The van der Waals surface area contributed by atoms with E-state index in [1.807, 2.05) is 12.3 Å². The van der Waals surface area contributed by atoms with Crippen LogP contribution in [0.2, 0.25) is 0 Å². The first-order chi connectivity index (χ1) is 47.6. The van der Waals surface area contributed by atoms with Crippen LogP contribution in [0.1, 0.15) is 17.4 Å². The molecule has 0 saturated heterocycles. The number of aliphatic imine (C=N–C) groups is 1. The van der Waals surface area contributed by atoms with Gasteiger partial charge in [0.05, 0.1) is 61.7 Å². The Morgan fingerprint density at radius 2 is 0.677 bits per heavy atom. The van der Waals surface area contributed by atoms with Crippen molar-refractivity contribution in [1.82, 2.24) is 28.2 Å². The van der Waals surface area contributed by atoms with Crippen molar-refractivity contribution in [3.8, 4) is 45.4 Å². The lowest BCUT2D eigenvalue weighted by atomic mass is 10.0. The Morgan fingerprint density at radius 3 is 1.21 bits per heavy atom. The zero-order valence-corrected chi connectivity index (χ0v) is 51.7. The number of anilines is 1. The lowest BCUT2D eigenvalue weighted by Crippen LogP contribution is -2.17. The first kappa shape index (κ1) is 52.7. The summed E-state index contributed by atoms with van der Waals surface area (Å²) in [6.45, 7) is 0. The maximum atomic E-state index is 5.81. The molecule has 0 radical (unpaired) electrons. The summed E-state index contributed by atoms with van der Waals surface area (Å²) in [5.41, 5.74) is 18.3. The Hall–Kier alpha value is -12.9. The van der Waals surface area contributed by atoms with Gasteiger partial charge in [-0.2, -0.15) is 0 Å². The summed E-state index contributed by atoms with van der Waals surface area (Å²) >= 11 is 0. The summed E-state index contributed by atoms with van der Waals surface area (Å²) in [6, 6.07) is 113. The van der Waals surface area contributed by atoms with E-state index in [-0.39, 0.29) is 6.17 Å². The molecule has 446 valence electrons. The van der Waals surface area contributed by atoms with Gasteiger partial charge in [0.1, 0.15) is 11.9 Å². The largest absolute Gasteiger partial charge is 0.356 e. The topological polar surface area (TPSA) is 69.9 Å². The molecule has 21 rings (SSSR count). The highest BCUT2D eigenvalue weighted by Crippen LogP contribution is 2.49. The number of rotatable bonds is 7. The number of hydrogen-bond donors (Lipinski definition) is 1. The molecule has 20 aromatic rings. The second-order valence-electron chi connectivity index (χ2n) is 25.5. The fraction of sp³-hybridized carbons (Fsp3) is 0.0114. The van der Waals surface area contributed by atoms with Crippen molar-refractivity contribution in [3.05, 3.63) is 321 Å². The van der Waals surface area contributed by atoms with Gasteiger partial charge in [0, 0.05) is 98.5 Å². The first-order valence-electron chi connectivity index (χ1n) is 32.9. The fourth-order valence-corrected chi connectivity index (χ4v) is 16.2. The monoisotopic (exact) mass is 1220 g/mol. The van der Waals surface area contributed by atoms with Crippen LogP contribution >= 0.6 is 0 Å². The lowest BCUT2D eigenvalue weighted by Gasteiger charge is -2.24. The molecule has 0 amide bonds. The van der Waals surface area contributed by atoms with Crippen molar-refractivity contribution in [2.24, 2.45) is 4.99 Å². The molecule has 0 bridgehead atoms. The zero-order chi connectivity index (χ0) is 62.7. The average Bonchev–Trinajstić information content (AvgIpc) is 1.54. The van der Waals surface area contributed by atoms with E-state index >= 15 is 0 Å². The molecule has 1 aliphatic heterocycles. The smallest absolute Gasteiger partial charge is 0.160 e. The lowest BCUT2D eigenvalue weighted by molar-refractivity contribution is 0.828. The Labute approximate surface area is 549 Å². The Kier molecular flexibility index (Phi) is 11.1. The molecule has 1 N–H and O–H groups in total. The molecule has 1 unspecified atom stereocenters. The number of hydrogen-bond acceptors (Lipinski definition) is 4. The molecular formula is C88H54N8. The molecule has 96 heavy (non-hydrogen) atoms. The maximum absolute atomic E-state index is 5.81. The molecule has 5 aromatic heterocycles. The van der Waals surface area contributed by atoms with Crippen LogP contribution in [0.25, 0.3) is 176 Å². The van der Waals surface area contributed by atoms with Gasteiger partial charge in [0.25, 0.3) is 0 Å². The first-order valence-corrected chi connectivity index (χ1v) is 32.9. The molecule has 6 heterocycles. The molecule has 0 aliphatic carbocycles. The molecule has 0 fully saturated rings. The minimum absolute atomic E-state index is 0.329. The normalized spacial score (nSPS) is 13.4. The van der Waals surface area contributed by atoms with Crippen LogP contribution in [0.3, 0.4) is 0 Å². The zero-order valence-electron chi connectivity index (χ0n) is 51.7. The molecule has 1 aliphatic rings. The van der Waals surface area contributed by atoms with E-state index in [0.717, 1.165) is 127 Å². The highest BCUT2D eigenvalue weighted by atomic mass is 15.1. The van der Waals surface area contributed by atoms with Crippen LogP contribution in [-0.4, -0.2) is 34.5 Å². The Balaban J connectivity index is 0.966. The summed E-state index contributed by atoms with van der Waals surface area (Å²) in [4.78, 5) is 16.6. The summed E-state index contributed by atoms with van der Waals surface area (Å²) in [7, 11) is 0. The van der Waals surface area contributed by atoms with E-state index in [0.29, 0.717) is 11.5 Å². The van der Waals surface area contributed by atoms with Crippen molar-refractivity contribution < 1.29 is 0 Å². The van der Waals surface area contributed by atoms with Crippen LogP contribution < -0.4 is 5.32 Å². The minimum Gasteiger partial charge on any atom is -0.356 e. The second kappa shape index (κ2) is 20.3. The molecule has 1 atom stereocenters. The number of benzene rings is 15. The third-order valence-corrected chi connectivity index (χ3v) is 20.3. The van der Waals surface area contributed by atoms with Gasteiger partial charge in [0.15, 0.2) is 5.82 Å². The number of aromatic nitrogens is 6. The van der Waals surface area contributed by atoms with Crippen molar-refractivity contribution in [3.63, 3.8) is 0 Å². The van der Waals surface area contributed by atoms with E-state index in [9.17, 15) is 0 Å². The molecular weight excluding hydrogens is 1170 g/mol. The molecule has 8 nitrogen and oxygen atoms in total. The van der Waals surface area contributed by atoms with E-state index in [4.69, 9.17) is 15.0 Å². The Morgan fingerprint density at radius 1 is 0.281 bits per heavy atom. The van der Waals surface area contributed by atoms with Gasteiger partial charge in [-0.1, -0.05) is 261 Å². The number of fused-ring (bicyclic) bond motifs is 23. The van der Waals surface area contributed by atoms with Crippen LogP contribution in [0.4, 0.5) is 5.69 Å². The SMILES string of the molecule is C1=NC(c2ccccc2)Nc2c1nc(-c1cc(-n3c4c5ccccc5ccc4c4ccc5c(c6ccc7ccccc7c6n5-c5ccccc5)c43)cc(-n3c4c5ccccc5ccc4c4ccc5c6ccc7ccccc7c6n(-c6ccccc6)c5c43)c1)nc2-c1ccccc1. The van der Waals surface area contributed by atoms with Gasteiger partial charge in [-0.15, -0.1) is 0 Å². The van der Waals surface area contributed by atoms with Crippen molar-refractivity contribution in [2.75, 3.05) is 5.32 Å². The standard InChI is InChI=1S/C88H54N8/c1-5-25-57(26-6-1)78-79-75(52-89-87(92-79)58-27-7-2-8-28-58)90-88(91-78)59-49-62(95-81-65-34-18-14-22-54(65)37-41-68(81)71-47-48-76-77(84(71)95)74-44-40-56-24-16-20-36-67(56)83(74)93(76)60-29-9-3-10-30-60)51-63(50-59)96-82-66-35-19-15-23-55(66)39-43-70(82)73-46-45-72-69-42-38-53-21-13-17-33-64(53)80(69)94(85(72)86(73)96)61-31-11-4-12-32-61/h1-52,87,92H. The van der Waals surface area contributed by atoms with Gasteiger partial charge >= 0.3 is 0 Å².